The topological polar surface area (TPSA) is 93.3 Å². The summed E-state index contributed by atoms with van der Waals surface area (Å²) in [4.78, 5) is 24.3. The standard InChI is InChI=1S/C17H14BrN3O4/c1-24-10-4-5-13(18)11(8-10)16(22)19-9-3-6-14-12(7-9)15(21-20-14)17(23)25-2/h3-8H,1-2H3,(H,19,22)(H,20,21). The summed E-state index contributed by atoms with van der Waals surface area (Å²) >= 11 is 3.35. The third-order valence-electron chi connectivity index (χ3n) is 3.62. The van der Waals surface area contributed by atoms with E-state index in [9.17, 15) is 9.59 Å². The molecule has 1 amide bonds. The average Bonchev–Trinajstić information content (AvgIpc) is 3.04. The summed E-state index contributed by atoms with van der Waals surface area (Å²) in [5, 5.41) is 10.1. The highest BCUT2D eigenvalue weighted by Crippen LogP contribution is 2.25. The van der Waals surface area contributed by atoms with Crippen molar-refractivity contribution >= 4 is 44.4 Å². The second kappa shape index (κ2) is 6.94. The van der Waals surface area contributed by atoms with Crippen molar-refractivity contribution in [1.82, 2.24) is 10.2 Å². The molecule has 128 valence electrons. The Balaban J connectivity index is 1.92. The molecule has 7 nitrogen and oxygen atoms in total. The number of benzene rings is 2. The average molecular weight is 404 g/mol. The van der Waals surface area contributed by atoms with Gasteiger partial charge in [-0.25, -0.2) is 4.79 Å². The molecular weight excluding hydrogens is 390 g/mol. The van der Waals surface area contributed by atoms with E-state index in [0.717, 1.165) is 0 Å². The van der Waals surface area contributed by atoms with Gasteiger partial charge in [0.15, 0.2) is 5.69 Å². The summed E-state index contributed by atoms with van der Waals surface area (Å²) < 4.78 is 10.5. The molecule has 0 unspecified atom stereocenters. The lowest BCUT2D eigenvalue weighted by Crippen LogP contribution is -2.12. The third-order valence-corrected chi connectivity index (χ3v) is 4.31. The minimum Gasteiger partial charge on any atom is -0.497 e. The number of nitrogens with zero attached hydrogens (tertiary/aromatic N) is 1. The maximum atomic E-state index is 12.5. The van der Waals surface area contributed by atoms with Crippen LogP contribution in [0.2, 0.25) is 0 Å². The molecule has 0 spiro atoms. The predicted octanol–water partition coefficient (Wildman–Crippen LogP) is 3.37. The molecule has 0 aliphatic carbocycles. The maximum Gasteiger partial charge on any atom is 0.359 e. The largest absolute Gasteiger partial charge is 0.497 e. The van der Waals surface area contributed by atoms with E-state index in [1.54, 1.807) is 36.4 Å². The number of rotatable bonds is 4. The molecule has 3 aromatic rings. The molecule has 0 bridgehead atoms. The van der Waals surface area contributed by atoms with E-state index in [0.29, 0.717) is 32.4 Å². The van der Waals surface area contributed by atoms with Crippen LogP contribution in [0.1, 0.15) is 20.8 Å². The van der Waals surface area contributed by atoms with Gasteiger partial charge >= 0.3 is 5.97 Å². The number of halogens is 1. The number of aromatic amines is 1. The van der Waals surface area contributed by atoms with Crippen LogP contribution in [0.5, 0.6) is 5.75 Å². The zero-order valence-corrected chi connectivity index (χ0v) is 15.0. The Hall–Kier alpha value is -2.87. The summed E-state index contributed by atoms with van der Waals surface area (Å²) in [5.41, 5.74) is 1.79. The van der Waals surface area contributed by atoms with Gasteiger partial charge in [-0.3, -0.25) is 9.89 Å². The van der Waals surface area contributed by atoms with Gasteiger partial charge in [0.1, 0.15) is 5.75 Å². The van der Waals surface area contributed by atoms with Crippen LogP contribution in [-0.4, -0.2) is 36.3 Å². The molecule has 0 fully saturated rings. The van der Waals surface area contributed by atoms with Gasteiger partial charge in [0.05, 0.1) is 25.3 Å². The van der Waals surface area contributed by atoms with E-state index >= 15 is 0 Å². The van der Waals surface area contributed by atoms with Crippen LogP contribution in [0.3, 0.4) is 0 Å². The van der Waals surface area contributed by atoms with Gasteiger partial charge in [-0.15, -0.1) is 0 Å². The molecule has 0 saturated heterocycles. The molecule has 0 radical (unpaired) electrons. The Kier molecular flexibility index (Phi) is 4.71. The number of nitrogens with one attached hydrogen (secondary N) is 2. The highest BCUT2D eigenvalue weighted by molar-refractivity contribution is 9.10. The SMILES string of the molecule is COC(=O)c1n[nH]c2ccc(NC(=O)c3cc(OC)ccc3Br)cc12. The molecule has 0 aliphatic rings. The van der Waals surface area contributed by atoms with Crippen LogP contribution >= 0.6 is 15.9 Å². The summed E-state index contributed by atoms with van der Waals surface area (Å²) in [6.07, 6.45) is 0. The number of amides is 1. The smallest absolute Gasteiger partial charge is 0.359 e. The first-order chi connectivity index (χ1) is 12.0. The number of hydrogen-bond donors (Lipinski definition) is 2. The lowest BCUT2D eigenvalue weighted by atomic mass is 10.1. The Morgan fingerprint density at radius 2 is 1.96 bits per heavy atom. The number of carbonyl (C=O) groups is 2. The normalized spacial score (nSPS) is 10.5. The van der Waals surface area contributed by atoms with E-state index in [4.69, 9.17) is 9.47 Å². The van der Waals surface area contributed by atoms with Gasteiger partial charge in [-0.1, -0.05) is 0 Å². The van der Waals surface area contributed by atoms with Crippen LogP contribution in [0.4, 0.5) is 5.69 Å². The highest BCUT2D eigenvalue weighted by Gasteiger charge is 2.16. The van der Waals surface area contributed by atoms with Gasteiger partial charge in [-0.05, 0) is 52.3 Å². The minimum atomic E-state index is -0.551. The van der Waals surface area contributed by atoms with Gasteiger partial charge in [0, 0.05) is 15.5 Å². The number of ether oxygens (including phenoxy) is 2. The number of aromatic nitrogens is 2. The minimum absolute atomic E-state index is 0.163. The van der Waals surface area contributed by atoms with E-state index in [1.807, 2.05) is 0 Å². The molecule has 0 aliphatic heterocycles. The van der Waals surface area contributed by atoms with Crippen molar-refractivity contribution in [2.75, 3.05) is 19.5 Å². The lowest BCUT2D eigenvalue weighted by molar-refractivity contribution is 0.0596. The summed E-state index contributed by atoms with van der Waals surface area (Å²) in [6.45, 7) is 0. The van der Waals surface area contributed by atoms with Gasteiger partial charge in [0.25, 0.3) is 5.91 Å². The van der Waals surface area contributed by atoms with Crippen molar-refractivity contribution in [3.8, 4) is 5.75 Å². The molecular formula is C17H14BrN3O4. The van der Waals surface area contributed by atoms with Crippen LogP contribution in [-0.2, 0) is 4.74 Å². The second-order valence-electron chi connectivity index (χ2n) is 5.12. The summed E-state index contributed by atoms with van der Waals surface area (Å²) in [6, 6.07) is 10.2. The van der Waals surface area contributed by atoms with E-state index in [1.165, 1.54) is 14.2 Å². The Morgan fingerprint density at radius 1 is 1.16 bits per heavy atom. The predicted molar refractivity (Wildman–Crippen MR) is 96.1 cm³/mol. The van der Waals surface area contributed by atoms with Crippen LogP contribution in [0.25, 0.3) is 10.9 Å². The fourth-order valence-electron chi connectivity index (χ4n) is 2.35. The molecule has 1 heterocycles. The van der Waals surface area contributed by atoms with Crippen molar-refractivity contribution in [3.05, 3.63) is 52.1 Å². The molecule has 2 aromatic carbocycles. The van der Waals surface area contributed by atoms with Gasteiger partial charge < -0.3 is 14.8 Å². The van der Waals surface area contributed by atoms with Crippen molar-refractivity contribution in [3.63, 3.8) is 0 Å². The quantitative estimate of drug-likeness (QED) is 0.651. The zero-order valence-electron chi connectivity index (χ0n) is 13.4. The van der Waals surface area contributed by atoms with Crippen molar-refractivity contribution in [1.29, 1.82) is 0 Å². The molecule has 8 heteroatoms. The van der Waals surface area contributed by atoms with E-state index in [2.05, 4.69) is 31.4 Å². The number of hydrogen-bond acceptors (Lipinski definition) is 5. The summed E-state index contributed by atoms with van der Waals surface area (Å²) in [7, 11) is 2.82. The first kappa shape index (κ1) is 17.0. The fraction of sp³-hybridized carbons (Fsp3) is 0.118. The van der Waals surface area contributed by atoms with Crippen LogP contribution < -0.4 is 10.1 Å². The van der Waals surface area contributed by atoms with Crippen LogP contribution in [0, 0.1) is 0 Å². The van der Waals surface area contributed by atoms with Crippen molar-refractivity contribution < 1.29 is 19.1 Å². The number of carbonyl (C=O) groups excluding carboxylic acids is 2. The lowest BCUT2D eigenvalue weighted by Gasteiger charge is -2.09. The van der Waals surface area contributed by atoms with Crippen LogP contribution in [0.15, 0.2) is 40.9 Å². The Bertz CT molecular complexity index is 968. The summed E-state index contributed by atoms with van der Waals surface area (Å²) in [5.74, 6) is -0.287. The van der Waals surface area contributed by atoms with E-state index in [-0.39, 0.29) is 11.6 Å². The molecule has 2 N–H and O–H groups in total. The highest BCUT2D eigenvalue weighted by atomic mass is 79.9. The van der Waals surface area contributed by atoms with Gasteiger partial charge in [0.2, 0.25) is 0 Å². The second-order valence-corrected chi connectivity index (χ2v) is 5.98. The monoisotopic (exact) mass is 403 g/mol. The third kappa shape index (κ3) is 3.34. The zero-order chi connectivity index (χ0) is 18.0. The fourth-order valence-corrected chi connectivity index (χ4v) is 2.77. The number of methoxy groups -OCH3 is 2. The number of H-pyrrole nitrogens is 1. The maximum absolute atomic E-state index is 12.5. The number of fused-ring (bicyclic) bond motifs is 1. The number of anilines is 1. The van der Waals surface area contributed by atoms with Gasteiger partial charge in [-0.2, -0.15) is 5.10 Å². The van der Waals surface area contributed by atoms with Crippen molar-refractivity contribution in [2.45, 2.75) is 0 Å². The molecule has 1 aromatic heterocycles. The first-order valence-electron chi connectivity index (χ1n) is 7.25. The van der Waals surface area contributed by atoms with E-state index < -0.39 is 5.97 Å². The first-order valence-corrected chi connectivity index (χ1v) is 8.04. The van der Waals surface area contributed by atoms with Crippen molar-refractivity contribution in [2.24, 2.45) is 0 Å². The Labute approximate surface area is 151 Å². The molecule has 0 saturated carbocycles. The number of esters is 1. The molecule has 3 rings (SSSR count). The molecule has 25 heavy (non-hydrogen) atoms. The Morgan fingerprint density at radius 3 is 2.68 bits per heavy atom. The molecule has 0 atom stereocenters.